The summed E-state index contributed by atoms with van der Waals surface area (Å²) in [6.45, 7) is 5.67. The van der Waals surface area contributed by atoms with Crippen LogP contribution in [0.4, 0.5) is 5.69 Å². The number of carbonyl (C=O) groups excluding carboxylic acids is 2. The van der Waals surface area contributed by atoms with Crippen molar-refractivity contribution in [2.45, 2.75) is 87.7 Å². The number of benzene rings is 3. The predicted octanol–water partition coefficient (Wildman–Crippen LogP) is 6.57. The second-order valence-electron chi connectivity index (χ2n) is 11.4. The lowest BCUT2D eigenvalue weighted by Crippen LogP contribution is -2.54. The van der Waals surface area contributed by atoms with Gasteiger partial charge in [-0.1, -0.05) is 68.1 Å². The molecule has 1 aliphatic rings. The van der Waals surface area contributed by atoms with E-state index in [1.165, 1.54) is 16.7 Å². The first-order chi connectivity index (χ1) is 21.7. The molecule has 45 heavy (non-hydrogen) atoms. The summed E-state index contributed by atoms with van der Waals surface area (Å²) in [6, 6.07) is 20.5. The van der Waals surface area contributed by atoms with E-state index >= 15 is 0 Å². The molecule has 4 rings (SSSR count). The van der Waals surface area contributed by atoms with E-state index in [9.17, 15) is 18.0 Å². The van der Waals surface area contributed by atoms with Crippen LogP contribution in [0.2, 0.25) is 0 Å². The molecule has 0 bridgehead atoms. The van der Waals surface area contributed by atoms with E-state index in [0.29, 0.717) is 18.8 Å². The molecule has 10 heteroatoms. The number of hydrogen-bond acceptors (Lipinski definition) is 6. The number of amides is 2. The van der Waals surface area contributed by atoms with E-state index in [2.05, 4.69) is 5.32 Å². The highest BCUT2D eigenvalue weighted by atomic mass is 32.2. The van der Waals surface area contributed by atoms with Gasteiger partial charge in [-0.2, -0.15) is 0 Å². The summed E-state index contributed by atoms with van der Waals surface area (Å²) < 4.78 is 35.5. The zero-order valence-electron chi connectivity index (χ0n) is 26.7. The molecule has 3 aromatic carbocycles. The fraction of sp³-hybridized carbons (Fsp3) is 0.429. The molecule has 1 saturated carbocycles. The zero-order valence-corrected chi connectivity index (χ0v) is 28.3. The fourth-order valence-corrected chi connectivity index (χ4v) is 7.52. The van der Waals surface area contributed by atoms with E-state index in [4.69, 9.17) is 4.74 Å². The SMILES string of the molecule is CCOc1ccccc1N(CC(=O)N(Cc1ccc(C)cc1)[C@H](CC)C(=O)NC1CCCCC1)S(=O)(=O)c1ccc(SC)cc1. The Bertz CT molecular complexity index is 1520. The number of sulfonamides is 1. The second-order valence-corrected chi connectivity index (χ2v) is 14.1. The number of rotatable bonds is 14. The zero-order chi connectivity index (χ0) is 32.4. The highest BCUT2D eigenvalue weighted by Gasteiger charge is 2.35. The minimum absolute atomic E-state index is 0.0616. The van der Waals surface area contributed by atoms with Crippen molar-refractivity contribution in [2.75, 3.05) is 23.7 Å². The smallest absolute Gasteiger partial charge is 0.264 e. The first-order valence-corrected chi connectivity index (χ1v) is 18.4. The van der Waals surface area contributed by atoms with Gasteiger partial charge in [0.25, 0.3) is 10.0 Å². The van der Waals surface area contributed by atoms with Crippen LogP contribution in [0, 0.1) is 6.92 Å². The van der Waals surface area contributed by atoms with Crippen molar-refractivity contribution < 1.29 is 22.7 Å². The molecule has 0 spiro atoms. The maximum atomic E-state index is 14.4. The number of nitrogens with one attached hydrogen (secondary N) is 1. The van der Waals surface area contributed by atoms with Gasteiger partial charge in [-0.3, -0.25) is 13.9 Å². The first-order valence-electron chi connectivity index (χ1n) is 15.7. The summed E-state index contributed by atoms with van der Waals surface area (Å²) in [4.78, 5) is 30.7. The lowest BCUT2D eigenvalue weighted by molar-refractivity contribution is -0.140. The van der Waals surface area contributed by atoms with Gasteiger partial charge in [0.2, 0.25) is 11.8 Å². The van der Waals surface area contributed by atoms with Crippen LogP contribution in [0.15, 0.2) is 82.6 Å². The molecular formula is C35H45N3O5S2. The molecular weight excluding hydrogens is 607 g/mol. The van der Waals surface area contributed by atoms with E-state index < -0.39 is 28.5 Å². The molecule has 0 aliphatic heterocycles. The van der Waals surface area contributed by atoms with Gasteiger partial charge in [0, 0.05) is 17.5 Å². The highest BCUT2D eigenvalue weighted by Crippen LogP contribution is 2.33. The van der Waals surface area contributed by atoms with Gasteiger partial charge < -0.3 is 15.0 Å². The number of nitrogens with zero attached hydrogens (tertiary/aromatic N) is 2. The molecule has 8 nitrogen and oxygen atoms in total. The van der Waals surface area contributed by atoms with Gasteiger partial charge in [0.1, 0.15) is 18.3 Å². The maximum Gasteiger partial charge on any atom is 0.264 e. The number of carbonyl (C=O) groups is 2. The van der Waals surface area contributed by atoms with Crippen LogP contribution in [0.1, 0.15) is 63.5 Å². The quantitative estimate of drug-likeness (QED) is 0.198. The molecule has 0 saturated heterocycles. The van der Waals surface area contributed by atoms with Crippen molar-refractivity contribution in [3.63, 3.8) is 0 Å². The molecule has 0 aromatic heterocycles. The summed E-state index contributed by atoms with van der Waals surface area (Å²) in [5.74, 6) is -0.331. The fourth-order valence-electron chi connectivity index (χ4n) is 5.68. The Morgan fingerprint density at radius 2 is 1.62 bits per heavy atom. The third-order valence-electron chi connectivity index (χ3n) is 8.17. The third-order valence-corrected chi connectivity index (χ3v) is 10.7. The molecule has 1 N–H and O–H groups in total. The van der Waals surface area contributed by atoms with Crippen molar-refractivity contribution in [3.8, 4) is 5.75 Å². The average molecular weight is 652 g/mol. The molecule has 0 unspecified atom stereocenters. The van der Waals surface area contributed by atoms with Crippen LogP contribution in [-0.4, -0.2) is 56.6 Å². The third kappa shape index (κ3) is 8.82. The van der Waals surface area contributed by atoms with Crippen molar-refractivity contribution in [1.82, 2.24) is 10.2 Å². The molecule has 1 fully saturated rings. The Labute approximate surface area is 272 Å². The number of hydrogen-bond donors (Lipinski definition) is 1. The number of para-hydroxylation sites is 2. The van der Waals surface area contributed by atoms with Crippen molar-refractivity contribution >= 4 is 39.3 Å². The van der Waals surface area contributed by atoms with Crippen LogP contribution >= 0.6 is 11.8 Å². The Kier molecular flexibility index (Phi) is 12.4. The van der Waals surface area contributed by atoms with Crippen molar-refractivity contribution in [3.05, 3.63) is 83.9 Å². The summed E-state index contributed by atoms with van der Waals surface area (Å²) in [6.07, 6.45) is 7.44. The van der Waals surface area contributed by atoms with Crippen LogP contribution in [0.3, 0.4) is 0 Å². The van der Waals surface area contributed by atoms with Gasteiger partial charge in [0.05, 0.1) is 17.2 Å². The first kappa shape index (κ1) is 34.4. The van der Waals surface area contributed by atoms with Gasteiger partial charge in [-0.25, -0.2) is 8.42 Å². The number of thioether (sulfide) groups is 1. The Morgan fingerprint density at radius 3 is 2.24 bits per heavy atom. The lowest BCUT2D eigenvalue weighted by atomic mass is 9.95. The van der Waals surface area contributed by atoms with Gasteiger partial charge in [-0.05, 0) is 81.3 Å². The normalized spacial score (nSPS) is 14.4. The predicted molar refractivity (Wildman–Crippen MR) is 181 cm³/mol. The number of ether oxygens (including phenoxy) is 1. The standard InChI is InChI=1S/C35H45N3O5S2/c1-5-31(35(40)36-28-12-8-7-9-13-28)37(24-27-18-16-26(3)17-19-27)34(39)25-38(32-14-10-11-15-33(32)43-6-2)45(41,42)30-22-20-29(44-4)21-23-30/h10-11,14-23,28,31H,5-9,12-13,24-25H2,1-4H3,(H,36,40)/t31-/m1/s1. The molecule has 0 heterocycles. The Morgan fingerprint density at radius 1 is 0.956 bits per heavy atom. The number of aryl methyl sites for hydroxylation is 1. The number of anilines is 1. The minimum Gasteiger partial charge on any atom is -0.492 e. The molecule has 1 atom stereocenters. The maximum absolute atomic E-state index is 14.4. The average Bonchev–Trinajstić information content (AvgIpc) is 3.05. The highest BCUT2D eigenvalue weighted by molar-refractivity contribution is 7.98. The van der Waals surface area contributed by atoms with E-state index in [1.807, 2.05) is 51.3 Å². The van der Waals surface area contributed by atoms with Gasteiger partial charge in [-0.15, -0.1) is 11.8 Å². The molecule has 2 amide bonds. The van der Waals surface area contributed by atoms with Crippen molar-refractivity contribution in [2.24, 2.45) is 0 Å². The molecule has 3 aromatic rings. The second kappa shape index (κ2) is 16.2. The van der Waals surface area contributed by atoms with Crippen LogP contribution in [0.5, 0.6) is 5.75 Å². The summed E-state index contributed by atoms with van der Waals surface area (Å²) in [5, 5.41) is 3.19. The van der Waals surface area contributed by atoms with Gasteiger partial charge >= 0.3 is 0 Å². The van der Waals surface area contributed by atoms with E-state index in [-0.39, 0.29) is 29.1 Å². The monoisotopic (exact) mass is 651 g/mol. The molecule has 1 aliphatic carbocycles. The lowest BCUT2D eigenvalue weighted by Gasteiger charge is -2.34. The van der Waals surface area contributed by atoms with E-state index in [1.54, 1.807) is 48.5 Å². The largest absolute Gasteiger partial charge is 0.492 e. The summed E-state index contributed by atoms with van der Waals surface area (Å²) in [5.41, 5.74) is 2.20. The Balaban J connectivity index is 1.74. The topological polar surface area (TPSA) is 96.0 Å². The minimum atomic E-state index is -4.21. The van der Waals surface area contributed by atoms with Gasteiger partial charge in [0.15, 0.2) is 0 Å². The van der Waals surface area contributed by atoms with Crippen LogP contribution in [0.25, 0.3) is 0 Å². The molecule has 0 radical (unpaired) electrons. The van der Waals surface area contributed by atoms with Crippen LogP contribution in [-0.2, 0) is 26.2 Å². The summed E-state index contributed by atoms with van der Waals surface area (Å²) in [7, 11) is -4.21. The van der Waals surface area contributed by atoms with Crippen molar-refractivity contribution in [1.29, 1.82) is 0 Å². The Hall–Kier alpha value is -3.50. The molecule has 242 valence electrons. The summed E-state index contributed by atoms with van der Waals surface area (Å²) >= 11 is 1.51. The van der Waals surface area contributed by atoms with Crippen LogP contribution < -0.4 is 14.4 Å². The van der Waals surface area contributed by atoms with E-state index in [0.717, 1.165) is 52.4 Å².